The first kappa shape index (κ1) is 13.3. The Kier molecular flexibility index (Phi) is 3.61. The topological polar surface area (TPSA) is 89.7 Å². The summed E-state index contributed by atoms with van der Waals surface area (Å²) in [6.45, 7) is 0. The van der Waals surface area contributed by atoms with Gasteiger partial charge in [0, 0.05) is 6.20 Å². The predicted molar refractivity (Wildman–Crippen MR) is 78.6 cm³/mol. The molecule has 106 valence electrons. The van der Waals surface area contributed by atoms with Gasteiger partial charge in [-0.1, -0.05) is 18.2 Å². The molecular formula is C15H15N5O. The maximum atomic E-state index is 6.22. The molecule has 0 saturated carbocycles. The number of aromatic amines is 1. The maximum absolute atomic E-state index is 6.22. The third-order valence-corrected chi connectivity index (χ3v) is 3.14. The van der Waals surface area contributed by atoms with Crippen LogP contribution in [0.2, 0.25) is 0 Å². The number of benzene rings is 1. The highest BCUT2D eigenvalue weighted by atomic mass is 16.5. The minimum atomic E-state index is -0.398. The van der Waals surface area contributed by atoms with E-state index in [-0.39, 0.29) is 0 Å². The zero-order valence-corrected chi connectivity index (χ0v) is 11.5. The Bertz CT molecular complexity index is 726. The molecule has 0 spiro atoms. The maximum Gasteiger partial charge on any atom is 0.199 e. The Morgan fingerprint density at radius 2 is 2.10 bits per heavy atom. The van der Waals surface area contributed by atoms with Crippen LogP contribution in [-0.4, -0.2) is 27.3 Å². The second kappa shape index (κ2) is 5.72. The van der Waals surface area contributed by atoms with Crippen molar-refractivity contribution in [1.82, 2.24) is 20.2 Å². The number of nitrogens with one attached hydrogen (secondary N) is 1. The van der Waals surface area contributed by atoms with Gasteiger partial charge in [0.05, 0.1) is 13.2 Å². The van der Waals surface area contributed by atoms with E-state index in [2.05, 4.69) is 20.2 Å². The highest BCUT2D eigenvalue weighted by Crippen LogP contribution is 2.22. The van der Waals surface area contributed by atoms with E-state index in [0.717, 1.165) is 11.3 Å². The van der Waals surface area contributed by atoms with E-state index in [9.17, 15) is 0 Å². The monoisotopic (exact) mass is 281 g/mol. The number of rotatable bonds is 4. The van der Waals surface area contributed by atoms with Crippen molar-refractivity contribution in [2.24, 2.45) is 5.73 Å². The van der Waals surface area contributed by atoms with Crippen molar-refractivity contribution < 1.29 is 4.74 Å². The third-order valence-electron chi connectivity index (χ3n) is 3.14. The average molecular weight is 281 g/mol. The summed E-state index contributed by atoms with van der Waals surface area (Å²) in [5, 5.41) is 7.04. The summed E-state index contributed by atoms with van der Waals surface area (Å²) in [5.41, 5.74) is 7.83. The van der Waals surface area contributed by atoms with Crippen LogP contribution in [-0.2, 0) is 0 Å². The van der Waals surface area contributed by atoms with Crippen LogP contribution in [0.15, 0.2) is 48.7 Å². The molecule has 2 aromatic heterocycles. The van der Waals surface area contributed by atoms with Crippen molar-refractivity contribution in [2.45, 2.75) is 6.04 Å². The first-order chi connectivity index (χ1) is 10.3. The quantitative estimate of drug-likeness (QED) is 0.762. The van der Waals surface area contributed by atoms with Gasteiger partial charge in [0.2, 0.25) is 0 Å². The zero-order chi connectivity index (χ0) is 14.7. The van der Waals surface area contributed by atoms with Gasteiger partial charge in [0.15, 0.2) is 5.82 Å². The first-order valence-electron chi connectivity index (χ1n) is 6.51. The van der Waals surface area contributed by atoms with E-state index < -0.39 is 6.04 Å². The van der Waals surface area contributed by atoms with Crippen molar-refractivity contribution in [2.75, 3.05) is 7.11 Å². The van der Waals surface area contributed by atoms with Crippen LogP contribution in [0.3, 0.4) is 0 Å². The van der Waals surface area contributed by atoms with Gasteiger partial charge in [-0.25, -0.2) is 4.98 Å². The molecule has 6 heteroatoms. The molecule has 1 aromatic carbocycles. The zero-order valence-electron chi connectivity index (χ0n) is 11.5. The summed E-state index contributed by atoms with van der Waals surface area (Å²) in [6.07, 6.45) is 1.70. The second-order valence-corrected chi connectivity index (χ2v) is 4.51. The number of aromatic nitrogens is 4. The standard InChI is InChI=1S/C15H15N5O/c1-21-11-6-4-5-10(9-11)13(16)15-18-14(19-20-15)12-7-2-3-8-17-12/h2-9,13H,16H2,1H3,(H,18,19,20)/t13-/m0/s1. The highest BCUT2D eigenvalue weighted by Gasteiger charge is 2.15. The Labute approximate surface area is 122 Å². The number of ether oxygens (including phenoxy) is 1. The lowest BCUT2D eigenvalue weighted by atomic mass is 10.1. The van der Waals surface area contributed by atoms with E-state index in [1.54, 1.807) is 13.3 Å². The van der Waals surface area contributed by atoms with Gasteiger partial charge in [0.1, 0.15) is 17.3 Å². The van der Waals surface area contributed by atoms with Crippen molar-refractivity contribution in [3.8, 4) is 17.3 Å². The van der Waals surface area contributed by atoms with E-state index in [1.165, 1.54) is 0 Å². The molecule has 0 aliphatic heterocycles. The SMILES string of the molecule is COc1cccc([C@H](N)c2nc(-c3ccccn3)n[nH]2)c1. The Morgan fingerprint density at radius 1 is 1.19 bits per heavy atom. The normalized spacial score (nSPS) is 12.1. The van der Waals surface area contributed by atoms with Gasteiger partial charge in [-0.05, 0) is 29.8 Å². The van der Waals surface area contributed by atoms with Crippen molar-refractivity contribution in [1.29, 1.82) is 0 Å². The summed E-state index contributed by atoms with van der Waals surface area (Å²) in [6, 6.07) is 12.8. The number of hydrogen-bond acceptors (Lipinski definition) is 5. The van der Waals surface area contributed by atoms with Crippen LogP contribution < -0.4 is 10.5 Å². The minimum Gasteiger partial charge on any atom is -0.497 e. The van der Waals surface area contributed by atoms with Gasteiger partial charge >= 0.3 is 0 Å². The third kappa shape index (κ3) is 2.75. The van der Waals surface area contributed by atoms with E-state index in [0.29, 0.717) is 17.3 Å². The van der Waals surface area contributed by atoms with Crippen molar-refractivity contribution in [3.05, 3.63) is 60.0 Å². The smallest absolute Gasteiger partial charge is 0.199 e. The number of nitrogens with zero attached hydrogens (tertiary/aromatic N) is 3. The molecule has 0 amide bonds. The van der Waals surface area contributed by atoms with Crippen LogP contribution in [0.4, 0.5) is 0 Å². The molecule has 0 saturated heterocycles. The Morgan fingerprint density at radius 3 is 2.86 bits per heavy atom. The van der Waals surface area contributed by atoms with Gasteiger partial charge in [-0.3, -0.25) is 10.1 Å². The largest absolute Gasteiger partial charge is 0.497 e. The first-order valence-corrected chi connectivity index (χ1v) is 6.51. The molecule has 0 fully saturated rings. The van der Waals surface area contributed by atoms with Gasteiger partial charge < -0.3 is 10.5 Å². The molecular weight excluding hydrogens is 266 g/mol. The van der Waals surface area contributed by atoms with Crippen LogP contribution in [0.1, 0.15) is 17.4 Å². The molecule has 3 N–H and O–H groups in total. The average Bonchev–Trinajstić information content (AvgIpc) is 3.05. The molecule has 3 rings (SSSR count). The van der Waals surface area contributed by atoms with E-state index in [4.69, 9.17) is 10.5 Å². The number of nitrogens with two attached hydrogens (primary N) is 1. The summed E-state index contributed by atoms with van der Waals surface area (Å²) in [7, 11) is 1.62. The van der Waals surface area contributed by atoms with Gasteiger partial charge in [0.25, 0.3) is 0 Å². The van der Waals surface area contributed by atoms with Crippen LogP contribution >= 0.6 is 0 Å². The summed E-state index contributed by atoms with van der Waals surface area (Å²) >= 11 is 0. The number of hydrogen-bond donors (Lipinski definition) is 2. The molecule has 1 atom stereocenters. The molecule has 6 nitrogen and oxygen atoms in total. The molecule has 3 aromatic rings. The molecule has 0 unspecified atom stereocenters. The van der Waals surface area contributed by atoms with Crippen LogP contribution in [0.5, 0.6) is 5.75 Å². The lowest BCUT2D eigenvalue weighted by Crippen LogP contribution is -2.13. The fraction of sp³-hybridized carbons (Fsp3) is 0.133. The Balaban J connectivity index is 1.88. The van der Waals surface area contributed by atoms with E-state index in [1.807, 2.05) is 42.5 Å². The summed E-state index contributed by atoms with van der Waals surface area (Å²) in [4.78, 5) is 8.63. The number of pyridine rings is 1. The highest BCUT2D eigenvalue weighted by molar-refractivity contribution is 5.48. The fourth-order valence-electron chi connectivity index (χ4n) is 2.02. The van der Waals surface area contributed by atoms with Crippen LogP contribution in [0.25, 0.3) is 11.5 Å². The lowest BCUT2D eigenvalue weighted by molar-refractivity contribution is 0.414. The summed E-state index contributed by atoms with van der Waals surface area (Å²) < 4.78 is 5.20. The van der Waals surface area contributed by atoms with Gasteiger partial charge in [-0.2, -0.15) is 5.10 Å². The lowest BCUT2D eigenvalue weighted by Gasteiger charge is -2.09. The van der Waals surface area contributed by atoms with Crippen LogP contribution in [0, 0.1) is 0 Å². The molecule has 21 heavy (non-hydrogen) atoms. The van der Waals surface area contributed by atoms with Gasteiger partial charge in [-0.15, -0.1) is 0 Å². The molecule has 0 aliphatic carbocycles. The molecule has 0 bridgehead atoms. The predicted octanol–water partition coefficient (Wildman–Crippen LogP) is 1.92. The second-order valence-electron chi connectivity index (χ2n) is 4.51. The minimum absolute atomic E-state index is 0.398. The fourth-order valence-corrected chi connectivity index (χ4v) is 2.02. The van der Waals surface area contributed by atoms with Crippen molar-refractivity contribution >= 4 is 0 Å². The van der Waals surface area contributed by atoms with E-state index >= 15 is 0 Å². The van der Waals surface area contributed by atoms with Crippen molar-refractivity contribution in [3.63, 3.8) is 0 Å². The summed E-state index contributed by atoms with van der Waals surface area (Å²) in [5.74, 6) is 1.88. The Hall–Kier alpha value is -2.73. The number of H-pyrrole nitrogens is 1. The molecule has 0 radical (unpaired) electrons. The molecule has 0 aliphatic rings. The molecule has 2 heterocycles. The number of methoxy groups -OCH3 is 1.